The molecule has 1 aliphatic rings. The first-order valence-electron chi connectivity index (χ1n) is 9.47. The lowest BCUT2D eigenvalue weighted by Crippen LogP contribution is -2.49. The SMILES string of the molecule is CC(C)(C)OC(=O)N1[C@H](/C=C/C(=O)CO[Si](C)(C)C(C)(C)C)COC1(C)C. The third-order valence-corrected chi connectivity index (χ3v) is 9.47. The van der Waals surface area contributed by atoms with Gasteiger partial charge in [-0.25, -0.2) is 4.79 Å². The van der Waals surface area contributed by atoms with Gasteiger partial charge in [0, 0.05) is 0 Å². The van der Waals surface area contributed by atoms with E-state index in [9.17, 15) is 9.59 Å². The van der Waals surface area contributed by atoms with Crippen molar-refractivity contribution in [2.24, 2.45) is 0 Å². The molecule has 0 unspecified atom stereocenters. The summed E-state index contributed by atoms with van der Waals surface area (Å²) in [5, 5.41) is 0.0494. The van der Waals surface area contributed by atoms with E-state index in [2.05, 4.69) is 33.9 Å². The first-order valence-corrected chi connectivity index (χ1v) is 12.4. The lowest BCUT2D eigenvalue weighted by Gasteiger charge is -2.35. The largest absolute Gasteiger partial charge is 0.444 e. The van der Waals surface area contributed by atoms with Gasteiger partial charge in [0.15, 0.2) is 14.1 Å². The van der Waals surface area contributed by atoms with E-state index < -0.39 is 25.7 Å². The highest BCUT2D eigenvalue weighted by molar-refractivity contribution is 6.74. The Morgan fingerprint density at radius 3 is 2.22 bits per heavy atom. The third kappa shape index (κ3) is 6.73. The number of hydrogen-bond acceptors (Lipinski definition) is 5. The summed E-state index contributed by atoms with van der Waals surface area (Å²) in [6, 6.07) is -0.355. The summed E-state index contributed by atoms with van der Waals surface area (Å²) in [7, 11) is -1.97. The van der Waals surface area contributed by atoms with E-state index in [-0.39, 0.29) is 23.5 Å². The second-order valence-electron chi connectivity index (χ2n) is 10.0. The number of rotatable bonds is 5. The van der Waals surface area contributed by atoms with Gasteiger partial charge in [-0.05, 0) is 58.8 Å². The molecule has 0 aromatic rings. The molecule has 0 aromatic heterocycles. The van der Waals surface area contributed by atoms with Crippen LogP contribution in [-0.2, 0) is 18.7 Å². The van der Waals surface area contributed by atoms with E-state index in [1.54, 1.807) is 6.08 Å². The van der Waals surface area contributed by atoms with Crippen molar-refractivity contribution in [2.45, 2.75) is 90.9 Å². The van der Waals surface area contributed by atoms with Gasteiger partial charge < -0.3 is 13.9 Å². The Morgan fingerprint density at radius 1 is 1.19 bits per heavy atom. The molecule has 1 rings (SSSR count). The van der Waals surface area contributed by atoms with Gasteiger partial charge in [0.05, 0.1) is 19.3 Å². The molecule has 156 valence electrons. The fraction of sp³-hybridized carbons (Fsp3) is 0.800. The average molecular weight is 400 g/mol. The van der Waals surface area contributed by atoms with Gasteiger partial charge in [0.2, 0.25) is 0 Å². The number of ketones is 1. The Balaban J connectivity index is 2.78. The van der Waals surface area contributed by atoms with Crippen molar-refractivity contribution < 1.29 is 23.5 Å². The highest BCUT2D eigenvalue weighted by Gasteiger charge is 2.44. The van der Waals surface area contributed by atoms with Crippen LogP contribution in [0.2, 0.25) is 18.1 Å². The molecule has 0 radical (unpaired) electrons. The van der Waals surface area contributed by atoms with E-state index in [4.69, 9.17) is 13.9 Å². The van der Waals surface area contributed by atoms with Crippen molar-refractivity contribution in [3.63, 3.8) is 0 Å². The van der Waals surface area contributed by atoms with E-state index in [1.807, 2.05) is 34.6 Å². The van der Waals surface area contributed by atoms with Crippen LogP contribution in [0, 0.1) is 0 Å². The minimum absolute atomic E-state index is 0.0494. The van der Waals surface area contributed by atoms with Crippen LogP contribution in [-0.4, -0.2) is 55.7 Å². The Bertz CT molecular complexity index is 584. The third-order valence-electron chi connectivity index (χ3n) is 5.00. The van der Waals surface area contributed by atoms with Gasteiger partial charge in [-0.1, -0.05) is 26.8 Å². The van der Waals surface area contributed by atoms with Crippen LogP contribution < -0.4 is 0 Å². The molecule has 1 atom stereocenters. The summed E-state index contributed by atoms with van der Waals surface area (Å²) in [6.45, 7) is 20.1. The molecule has 0 aliphatic carbocycles. The number of amides is 1. The second kappa shape index (κ2) is 8.05. The molecular weight excluding hydrogens is 362 g/mol. The molecule has 0 aromatic carbocycles. The van der Waals surface area contributed by atoms with Crippen molar-refractivity contribution in [3.05, 3.63) is 12.2 Å². The molecule has 1 heterocycles. The van der Waals surface area contributed by atoms with Crippen molar-refractivity contribution in [2.75, 3.05) is 13.2 Å². The molecule has 27 heavy (non-hydrogen) atoms. The monoisotopic (exact) mass is 399 g/mol. The quantitative estimate of drug-likeness (QED) is 0.503. The number of carbonyl (C=O) groups excluding carboxylic acids is 2. The van der Waals surface area contributed by atoms with Crippen molar-refractivity contribution in [1.82, 2.24) is 4.90 Å². The smallest absolute Gasteiger partial charge is 0.413 e. The van der Waals surface area contributed by atoms with Crippen LogP contribution in [0.25, 0.3) is 0 Å². The minimum atomic E-state index is -1.97. The first kappa shape index (κ1) is 23.9. The van der Waals surface area contributed by atoms with Crippen LogP contribution in [0.3, 0.4) is 0 Å². The van der Waals surface area contributed by atoms with Crippen molar-refractivity contribution in [1.29, 1.82) is 0 Å². The highest BCUT2D eigenvalue weighted by Crippen LogP contribution is 2.36. The number of hydrogen-bond donors (Lipinski definition) is 0. The predicted octanol–water partition coefficient (Wildman–Crippen LogP) is 4.51. The zero-order chi connectivity index (χ0) is 21.3. The zero-order valence-corrected chi connectivity index (χ0v) is 19.6. The lowest BCUT2D eigenvalue weighted by molar-refractivity contribution is -0.116. The molecular formula is C20H37NO5Si. The highest BCUT2D eigenvalue weighted by atomic mass is 28.4. The summed E-state index contributed by atoms with van der Waals surface area (Å²) < 4.78 is 17.2. The fourth-order valence-corrected chi connectivity index (χ4v) is 3.31. The maximum Gasteiger partial charge on any atom is 0.413 e. The number of nitrogens with zero attached hydrogens (tertiary/aromatic N) is 1. The van der Waals surface area contributed by atoms with E-state index in [1.165, 1.54) is 11.0 Å². The molecule has 7 heteroatoms. The average Bonchev–Trinajstić information content (AvgIpc) is 2.74. The van der Waals surface area contributed by atoms with Crippen LogP contribution in [0.5, 0.6) is 0 Å². The second-order valence-corrected chi connectivity index (χ2v) is 14.9. The normalized spacial score (nSPS) is 21.0. The summed E-state index contributed by atoms with van der Waals surface area (Å²) in [6.07, 6.45) is 2.74. The maximum atomic E-state index is 12.6. The molecule has 1 aliphatic heterocycles. The van der Waals surface area contributed by atoms with Gasteiger partial charge in [-0.3, -0.25) is 9.69 Å². The summed E-state index contributed by atoms with van der Waals surface area (Å²) >= 11 is 0. The Labute approximate surface area is 165 Å². The fourth-order valence-electron chi connectivity index (χ4n) is 2.38. The van der Waals surface area contributed by atoms with Crippen LogP contribution in [0.4, 0.5) is 4.79 Å². The van der Waals surface area contributed by atoms with Crippen molar-refractivity contribution in [3.8, 4) is 0 Å². The summed E-state index contributed by atoms with van der Waals surface area (Å²) in [5.74, 6) is -0.117. The number of carbonyl (C=O) groups is 2. The van der Waals surface area contributed by atoms with Gasteiger partial charge >= 0.3 is 6.09 Å². The molecule has 1 fully saturated rings. The Kier molecular flexibility index (Phi) is 7.11. The van der Waals surface area contributed by atoms with Crippen LogP contribution in [0.1, 0.15) is 55.4 Å². The summed E-state index contributed by atoms with van der Waals surface area (Å²) in [4.78, 5) is 26.4. The molecule has 0 spiro atoms. The molecule has 1 amide bonds. The Hall–Kier alpha value is -1.18. The Morgan fingerprint density at radius 2 is 1.74 bits per heavy atom. The number of ether oxygens (including phenoxy) is 2. The molecule has 0 N–H and O–H groups in total. The van der Waals surface area contributed by atoms with E-state index >= 15 is 0 Å². The molecule has 0 saturated carbocycles. The summed E-state index contributed by atoms with van der Waals surface area (Å²) in [5.41, 5.74) is -1.39. The first-order chi connectivity index (χ1) is 12.0. The predicted molar refractivity (Wildman–Crippen MR) is 109 cm³/mol. The zero-order valence-electron chi connectivity index (χ0n) is 18.6. The van der Waals surface area contributed by atoms with Gasteiger partial charge in [-0.15, -0.1) is 0 Å². The lowest BCUT2D eigenvalue weighted by atomic mass is 10.2. The van der Waals surface area contributed by atoms with Crippen LogP contribution >= 0.6 is 0 Å². The minimum Gasteiger partial charge on any atom is -0.444 e. The molecule has 0 bridgehead atoms. The van der Waals surface area contributed by atoms with Crippen molar-refractivity contribution >= 4 is 20.2 Å². The van der Waals surface area contributed by atoms with E-state index in [0.717, 1.165) is 0 Å². The molecule has 1 saturated heterocycles. The van der Waals surface area contributed by atoms with Crippen LogP contribution in [0.15, 0.2) is 12.2 Å². The molecule has 6 nitrogen and oxygen atoms in total. The van der Waals surface area contributed by atoms with Gasteiger partial charge in [0.25, 0.3) is 0 Å². The van der Waals surface area contributed by atoms with E-state index in [0.29, 0.717) is 6.61 Å². The van der Waals surface area contributed by atoms with Gasteiger partial charge in [0.1, 0.15) is 11.3 Å². The topological polar surface area (TPSA) is 65.1 Å². The standard InChI is InChI=1S/C20H37NO5Si/c1-18(2,3)26-17(23)21-15(13-24-20(21,7)8)11-12-16(22)14-25-27(9,10)19(4,5)6/h11-12,15H,13-14H2,1-10H3/b12-11+/t15-/m1/s1. The maximum absolute atomic E-state index is 12.6. The van der Waals surface area contributed by atoms with Gasteiger partial charge in [-0.2, -0.15) is 0 Å².